The Morgan fingerprint density at radius 3 is 2.12 bits per heavy atom. The van der Waals surface area contributed by atoms with Crippen molar-refractivity contribution < 1.29 is 8.42 Å². The third-order valence-corrected chi connectivity index (χ3v) is 6.51. The van der Waals surface area contributed by atoms with Gasteiger partial charge in [-0.25, -0.2) is 8.42 Å². The van der Waals surface area contributed by atoms with Gasteiger partial charge < -0.3 is 0 Å². The molecule has 3 aromatic carbocycles. The first-order chi connectivity index (χ1) is 12.4. The van der Waals surface area contributed by atoms with Crippen molar-refractivity contribution in [3.63, 3.8) is 0 Å². The van der Waals surface area contributed by atoms with E-state index in [0.29, 0.717) is 21.3 Å². The Morgan fingerprint density at radius 1 is 0.808 bits per heavy atom. The lowest BCUT2D eigenvalue weighted by molar-refractivity contribution is 0.600. The van der Waals surface area contributed by atoms with Crippen LogP contribution in [0.15, 0.2) is 82.6 Å². The van der Waals surface area contributed by atoms with E-state index in [0.717, 1.165) is 9.79 Å². The molecule has 0 aliphatic carbocycles. The average molecular weight is 424 g/mol. The average Bonchev–Trinajstić information content (AvgIpc) is 2.61. The second-order valence-electron chi connectivity index (χ2n) is 5.47. The third kappa shape index (κ3) is 4.95. The maximum Gasteiger partial charge on any atom is 0.237 e. The minimum atomic E-state index is -3.68. The highest BCUT2D eigenvalue weighted by Gasteiger charge is 2.18. The smallest absolute Gasteiger partial charge is 0.237 e. The van der Waals surface area contributed by atoms with Gasteiger partial charge in [-0.2, -0.15) is 0 Å². The molecule has 1 N–H and O–H groups in total. The molecule has 0 heterocycles. The van der Waals surface area contributed by atoms with Crippen molar-refractivity contribution in [3.05, 3.63) is 88.4 Å². The predicted molar refractivity (Wildman–Crippen MR) is 110 cm³/mol. The van der Waals surface area contributed by atoms with E-state index in [1.165, 1.54) is 11.8 Å². The van der Waals surface area contributed by atoms with Crippen molar-refractivity contribution in [1.29, 1.82) is 0 Å². The van der Waals surface area contributed by atoms with Gasteiger partial charge in [-0.15, -0.1) is 0 Å². The first-order valence-corrected chi connectivity index (χ1v) is 10.9. The summed E-state index contributed by atoms with van der Waals surface area (Å²) in [4.78, 5) is 1.83. The molecule has 0 saturated carbocycles. The van der Waals surface area contributed by atoms with Crippen LogP contribution in [0.3, 0.4) is 0 Å². The van der Waals surface area contributed by atoms with Gasteiger partial charge in [0, 0.05) is 25.4 Å². The monoisotopic (exact) mass is 423 g/mol. The molecule has 3 aromatic rings. The number of hydrogen-bond donors (Lipinski definition) is 1. The van der Waals surface area contributed by atoms with Gasteiger partial charge in [0.05, 0.1) is 11.4 Å². The number of benzene rings is 3. The summed E-state index contributed by atoms with van der Waals surface area (Å²) >= 11 is 13.7. The zero-order valence-corrected chi connectivity index (χ0v) is 16.7. The van der Waals surface area contributed by atoms with Crippen molar-refractivity contribution in [2.24, 2.45) is 0 Å². The molecule has 7 heteroatoms. The first kappa shape index (κ1) is 19.1. The Bertz CT molecular complexity index is 989. The van der Waals surface area contributed by atoms with E-state index in [2.05, 4.69) is 4.72 Å². The summed E-state index contributed by atoms with van der Waals surface area (Å²) in [6.07, 6.45) is 0. The summed E-state index contributed by atoms with van der Waals surface area (Å²) in [5.41, 5.74) is 0.904. The molecule has 0 atom stereocenters. The van der Waals surface area contributed by atoms with E-state index in [1.54, 1.807) is 30.3 Å². The topological polar surface area (TPSA) is 46.2 Å². The molecule has 0 spiro atoms. The number of nitrogens with one attached hydrogen (secondary N) is 1. The fraction of sp³-hybridized carbons (Fsp3) is 0.0526. The number of anilines is 1. The number of rotatable bonds is 6. The first-order valence-electron chi connectivity index (χ1n) is 7.70. The zero-order valence-electron chi connectivity index (χ0n) is 13.5. The fourth-order valence-electron chi connectivity index (χ4n) is 2.32. The van der Waals surface area contributed by atoms with E-state index in [1.807, 2.05) is 42.5 Å². The molecule has 0 bridgehead atoms. The quantitative estimate of drug-likeness (QED) is 0.521. The fourth-order valence-corrected chi connectivity index (χ4v) is 5.27. The van der Waals surface area contributed by atoms with E-state index < -0.39 is 10.0 Å². The molecule has 3 nitrogen and oxygen atoms in total. The summed E-state index contributed by atoms with van der Waals surface area (Å²) < 4.78 is 27.9. The van der Waals surface area contributed by atoms with E-state index in [-0.39, 0.29) is 5.75 Å². The second-order valence-corrected chi connectivity index (χ2v) is 9.12. The van der Waals surface area contributed by atoms with Crippen LogP contribution in [0.25, 0.3) is 0 Å². The van der Waals surface area contributed by atoms with Gasteiger partial charge in [0.1, 0.15) is 0 Å². The standard InChI is InChI=1S/C19H15Cl2NO2S2/c20-16-9-6-10-17(21)15(16)13-26(23,24)22-18-11-4-5-12-19(18)25-14-7-2-1-3-8-14/h1-12,22H,13H2. The van der Waals surface area contributed by atoms with Crippen LogP contribution in [0.1, 0.15) is 5.56 Å². The molecule has 0 aliphatic heterocycles. The van der Waals surface area contributed by atoms with Gasteiger partial charge in [0.25, 0.3) is 0 Å². The van der Waals surface area contributed by atoms with Crippen molar-refractivity contribution in [1.82, 2.24) is 0 Å². The summed E-state index contributed by atoms with van der Waals surface area (Å²) in [5, 5.41) is 0.657. The van der Waals surface area contributed by atoms with Crippen molar-refractivity contribution in [3.8, 4) is 0 Å². The Balaban J connectivity index is 1.84. The Labute approximate surface area is 167 Å². The highest BCUT2D eigenvalue weighted by molar-refractivity contribution is 7.99. The molecule has 0 amide bonds. The van der Waals surface area contributed by atoms with Crippen LogP contribution in [0.4, 0.5) is 5.69 Å². The van der Waals surface area contributed by atoms with Gasteiger partial charge >= 0.3 is 0 Å². The summed E-state index contributed by atoms with van der Waals surface area (Å²) in [5.74, 6) is -0.296. The molecule has 134 valence electrons. The van der Waals surface area contributed by atoms with Crippen LogP contribution >= 0.6 is 35.0 Å². The largest absolute Gasteiger partial charge is 0.282 e. The van der Waals surface area contributed by atoms with Crippen LogP contribution in [0.5, 0.6) is 0 Å². The number of para-hydroxylation sites is 1. The predicted octanol–water partition coefficient (Wildman–Crippen LogP) is 6.09. The Hall–Kier alpha value is -1.66. The highest BCUT2D eigenvalue weighted by atomic mass is 35.5. The lowest BCUT2D eigenvalue weighted by Crippen LogP contribution is -2.16. The molecule has 0 unspecified atom stereocenters. The molecule has 0 aromatic heterocycles. The third-order valence-electron chi connectivity index (χ3n) is 3.52. The van der Waals surface area contributed by atoms with Gasteiger partial charge in [-0.05, 0) is 36.4 Å². The Kier molecular flexibility index (Phi) is 6.14. The summed E-state index contributed by atoms with van der Waals surface area (Å²) in [6.45, 7) is 0. The van der Waals surface area contributed by atoms with Crippen molar-refractivity contribution in [2.75, 3.05) is 4.72 Å². The number of sulfonamides is 1. The van der Waals surface area contributed by atoms with Crippen LogP contribution in [-0.4, -0.2) is 8.42 Å². The van der Waals surface area contributed by atoms with Gasteiger partial charge in [0.15, 0.2) is 0 Å². The van der Waals surface area contributed by atoms with Crippen molar-refractivity contribution >= 4 is 50.7 Å². The molecular weight excluding hydrogens is 409 g/mol. The van der Waals surface area contributed by atoms with E-state index in [9.17, 15) is 8.42 Å². The number of hydrogen-bond acceptors (Lipinski definition) is 3. The minimum absolute atomic E-state index is 0.296. The van der Waals surface area contributed by atoms with Crippen LogP contribution in [0, 0.1) is 0 Å². The summed E-state index contributed by atoms with van der Waals surface area (Å²) in [7, 11) is -3.68. The minimum Gasteiger partial charge on any atom is -0.282 e. The highest BCUT2D eigenvalue weighted by Crippen LogP contribution is 2.34. The summed E-state index contributed by atoms with van der Waals surface area (Å²) in [6, 6.07) is 21.9. The van der Waals surface area contributed by atoms with Crippen LogP contribution in [-0.2, 0) is 15.8 Å². The van der Waals surface area contributed by atoms with E-state index in [4.69, 9.17) is 23.2 Å². The molecular formula is C19H15Cl2NO2S2. The molecule has 0 aliphatic rings. The van der Waals surface area contributed by atoms with Crippen LogP contribution in [0.2, 0.25) is 10.0 Å². The maximum atomic E-state index is 12.6. The Morgan fingerprint density at radius 2 is 1.42 bits per heavy atom. The zero-order chi connectivity index (χ0) is 18.6. The number of halogens is 2. The van der Waals surface area contributed by atoms with Gasteiger partial charge in [-0.3, -0.25) is 4.72 Å². The molecule has 0 radical (unpaired) electrons. The van der Waals surface area contributed by atoms with Gasteiger partial charge in [-0.1, -0.05) is 71.4 Å². The normalized spacial score (nSPS) is 11.3. The lowest BCUT2D eigenvalue weighted by atomic mass is 10.2. The SMILES string of the molecule is O=S(=O)(Cc1c(Cl)cccc1Cl)Nc1ccccc1Sc1ccccc1. The molecule has 0 fully saturated rings. The van der Waals surface area contributed by atoms with E-state index >= 15 is 0 Å². The molecule has 0 saturated heterocycles. The lowest BCUT2D eigenvalue weighted by Gasteiger charge is -2.13. The van der Waals surface area contributed by atoms with Crippen LogP contribution < -0.4 is 4.72 Å². The maximum absolute atomic E-state index is 12.6. The molecule has 3 rings (SSSR count). The molecule has 26 heavy (non-hydrogen) atoms. The van der Waals surface area contributed by atoms with Crippen molar-refractivity contribution in [2.45, 2.75) is 15.5 Å². The van der Waals surface area contributed by atoms with Gasteiger partial charge in [0.2, 0.25) is 10.0 Å². The second kappa shape index (κ2) is 8.35.